The molecule has 1 amide bonds. The molecule has 1 atom stereocenters. The zero-order valence-corrected chi connectivity index (χ0v) is 14.9. The molecular weight excluding hydrogens is 320 g/mol. The molecule has 0 radical (unpaired) electrons. The fourth-order valence-electron chi connectivity index (χ4n) is 3.68. The van der Waals surface area contributed by atoms with Gasteiger partial charge in [-0.2, -0.15) is 0 Å². The first-order valence-electron chi connectivity index (χ1n) is 9.01. The highest BCUT2D eigenvalue weighted by molar-refractivity contribution is 5.98. The van der Waals surface area contributed by atoms with Gasteiger partial charge >= 0.3 is 0 Å². The third-order valence-electron chi connectivity index (χ3n) is 4.95. The topological polar surface area (TPSA) is 32.3 Å². The van der Waals surface area contributed by atoms with Crippen LogP contribution in [0, 0.1) is 0 Å². The first kappa shape index (κ1) is 16.4. The second-order valence-corrected chi connectivity index (χ2v) is 6.77. The minimum absolute atomic E-state index is 0.0111. The van der Waals surface area contributed by atoms with Crippen LogP contribution in [0.5, 0.6) is 0 Å². The maximum atomic E-state index is 12.8. The van der Waals surface area contributed by atoms with Crippen LogP contribution in [0.1, 0.15) is 12.5 Å². The number of nitrogens with one attached hydrogen (secondary N) is 1. The van der Waals surface area contributed by atoms with E-state index in [4.69, 9.17) is 0 Å². The van der Waals surface area contributed by atoms with Gasteiger partial charge in [-0.1, -0.05) is 66.7 Å². The number of hydrogen-bond acceptors (Lipinski definition) is 2. The third-order valence-corrected chi connectivity index (χ3v) is 4.95. The zero-order valence-electron chi connectivity index (χ0n) is 14.9. The molecule has 3 aromatic rings. The Balaban J connectivity index is 1.53. The van der Waals surface area contributed by atoms with E-state index >= 15 is 0 Å². The number of anilines is 2. The average molecular weight is 342 g/mol. The summed E-state index contributed by atoms with van der Waals surface area (Å²) in [4.78, 5) is 14.9. The van der Waals surface area contributed by atoms with E-state index < -0.39 is 0 Å². The van der Waals surface area contributed by atoms with Crippen LogP contribution in [-0.4, -0.2) is 18.5 Å². The summed E-state index contributed by atoms with van der Waals surface area (Å²) < 4.78 is 0. The van der Waals surface area contributed by atoms with Crippen molar-refractivity contribution in [2.24, 2.45) is 0 Å². The van der Waals surface area contributed by atoms with Gasteiger partial charge in [-0.3, -0.25) is 4.79 Å². The van der Waals surface area contributed by atoms with Crippen molar-refractivity contribution < 1.29 is 4.79 Å². The lowest BCUT2D eigenvalue weighted by Crippen LogP contribution is -2.37. The maximum Gasteiger partial charge on any atom is 0.243 e. The minimum Gasteiger partial charge on any atom is -0.359 e. The van der Waals surface area contributed by atoms with Gasteiger partial charge in [0.25, 0.3) is 0 Å². The SMILES string of the molecule is CC1Cc2ccccc2N1CC(=O)Nc1ccccc1-c1ccccc1. The van der Waals surface area contributed by atoms with Crippen LogP contribution in [0.4, 0.5) is 11.4 Å². The van der Waals surface area contributed by atoms with Gasteiger partial charge in [0.05, 0.1) is 6.54 Å². The van der Waals surface area contributed by atoms with Crippen LogP contribution in [0.15, 0.2) is 78.9 Å². The molecule has 26 heavy (non-hydrogen) atoms. The van der Waals surface area contributed by atoms with Gasteiger partial charge in [-0.25, -0.2) is 0 Å². The predicted octanol–water partition coefficient (Wildman–Crippen LogP) is 4.74. The molecule has 0 aliphatic carbocycles. The summed E-state index contributed by atoms with van der Waals surface area (Å²) in [6, 6.07) is 26.8. The van der Waals surface area contributed by atoms with Crippen molar-refractivity contribution in [3.05, 3.63) is 84.4 Å². The second kappa shape index (κ2) is 7.04. The molecule has 0 spiro atoms. The van der Waals surface area contributed by atoms with Crippen molar-refractivity contribution in [1.82, 2.24) is 0 Å². The molecule has 0 bridgehead atoms. The van der Waals surface area contributed by atoms with Crippen molar-refractivity contribution in [1.29, 1.82) is 0 Å². The number of amides is 1. The van der Waals surface area contributed by atoms with Gasteiger partial charge in [0.1, 0.15) is 0 Å². The van der Waals surface area contributed by atoms with Crippen LogP contribution < -0.4 is 10.2 Å². The first-order valence-corrected chi connectivity index (χ1v) is 9.01. The van der Waals surface area contributed by atoms with Crippen molar-refractivity contribution in [2.75, 3.05) is 16.8 Å². The summed E-state index contributed by atoms with van der Waals surface area (Å²) in [6.07, 6.45) is 0.990. The summed E-state index contributed by atoms with van der Waals surface area (Å²) in [5, 5.41) is 3.11. The molecule has 3 nitrogen and oxygen atoms in total. The Kier molecular flexibility index (Phi) is 4.44. The number of benzene rings is 3. The number of fused-ring (bicyclic) bond motifs is 1. The smallest absolute Gasteiger partial charge is 0.243 e. The fourth-order valence-corrected chi connectivity index (χ4v) is 3.68. The van der Waals surface area contributed by atoms with E-state index in [1.54, 1.807) is 0 Å². The zero-order chi connectivity index (χ0) is 17.9. The highest BCUT2D eigenvalue weighted by Gasteiger charge is 2.27. The number of carbonyl (C=O) groups excluding carboxylic acids is 1. The predicted molar refractivity (Wildman–Crippen MR) is 107 cm³/mol. The van der Waals surface area contributed by atoms with Crippen LogP contribution >= 0.6 is 0 Å². The average Bonchev–Trinajstić information content (AvgIpc) is 2.98. The summed E-state index contributed by atoms with van der Waals surface area (Å²) in [5.74, 6) is 0.0111. The largest absolute Gasteiger partial charge is 0.359 e. The van der Waals surface area contributed by atoms with Gasteiger partial charge in [0.15, 0.2) is 0 Å². The van der Waals surface area contributed by atoms with E-state index in [1.807, 2.05) is 48.5 Å². The minimum atomic E-state index is 0.0111. The molecule has 3 heteroatoms. The lowest BCUT2D eigenvalue weighted by molar-refractivity contribution is -0.115. The molecule has 1 unspecified atom stereocenters. The Labute approximate surface area is 154 Å². The molecule has 0 saturated heterocycles. The van der Waals surface area contributed by atoms with E-state index in [0.717, 1.165) is 23.2 Å². The molecule has 0 aromatic heterocycles. The van der Waals surface area contributed by atoms with E-state index in [2.05, 4.69) is 47.5 Å². The van der Waals surface area contributed by atoms with E-state index in [0.29, 0.717) is 12.6 Å². The van der Waals surface area contributed by atoms with Gasteiger partial charge in [-0.15, -0.1) is 0 Å². The lowest BCUT2D eigenvalue weighted by Gasteiger charge is -2.24. The normalized spacial score (nSPS) is 15.6. The van der Waals surface area contributed by atoms with Crippen molar-refractivity contribution >= 4 is 17.3 Å². The molecule has 0 saturated carbocycles. The van der Waals surface area contributed by atoms with Gasteiger partial charge in [-0.05, 0) is 36.6 Å². The Morgan fingerprint density at radius 2 is 1.65 bits per heavy atom. The van der Waals surface area contributed by atoms with Crippen molar-refractivity contribution in [3.8, 4) is 11.1 Å². The van der Waals surface area contributed by atoms with Crippen molar-refractivity contribution in [3.63, 3.8) is 0 Å². The summed E-state index contributed by atoms with van der Waals surface area (Å²) in [5.41, 5.74) is 5.48. The van der Waals surface area contributed by atoms with Gasteiger partial charge < -0.3 is 10.2 Å². The summed E-state index contributed by atoms with van der Waals surface area (Å²) in [7, 11) is 0. The molecule has 1 aliphatic heterocycles. The quantitative estimate of drug-likeness (QED) is 0.742. The number of carbonyl (C=O) groups is 1. The monoisotopic (exact) mass is 342 g/mol. The van der Waals surface area contributed by atoms with Crippen LogP contribution in [0.3, 0.4) is 0 Å². The van der Waals surface area contributed by atoms with Crippen LogP contribution in [0.25, 0.3) is 11.1 Å². The third kappa shape index (κ3) is 3.21. The Morgan fingerprint density at radius 3 is 2.50 bits per heavy atom. The standard InChI is InChI=1S/C23H22N2O/c1-17-15-19-11-5-8-14-22(19)25(17)16-23(26)24-21-13-7-6-12-20(21)18-9-3-2-4-10-18/h2-14,17H,15-16H2,1H3,(H,24,26). The van der Waals surface area contributed by atoms with E-state index in [-0.39, 0.29) is 5.91 Å². The van der Waals surface area contributed by atoms with Gasteiger partial charge in [0, 0.05) is 23.0 Å². The Morgan fingerprint density at radius 1 is 0.962 bits per heavy atom. The van der Waals surface area contributed by atoms with Crippen molar-refractivity contribution in [2.45, 2.75) is 19.4 Å². The molecule has 1 aliphatic rings. The summed E-state index contributed by atoms with van der Waals surface area (Å²) in [6.45, 7) is 2.53. The fraction of sp³-hybridized carbons (Fsp3) is 0.174. The van der Waals surface area contributed by atoms with Gasteiger partial charge in [0.2, 0.25) is 5.91 Å². The van der Waals surface area contributed by atoms with Crippen LogP contribution in [0.2, 0.25) is 0 Å². The molecule has 4 rings (SSSR count). The van der Waals surface area contributed by atoms with E-state index in [9.17, 15) is 4.79 Å². The Bertz CT molecular complexity index is 920. The molecule has 1 heterocycles. The molecule has 3 aromatic carbocycles. The molecular formula is C23H22N2O. The van der Waals surface area contributed by atoms with Crippen LogP contribution in [-0.2, 0) is 11.2 Å². The highest BCUT2D eigenvalue weighted by Crippen LogP contribution is 2.32. The van der Waals surface area contributed by atoms with E-state index in [1.165, 1.54) is 11.3 Å². The number of nitrogens with zero attached hydrogens (tertiary/aromatic N) is 1. The molecule has 1 N–H and O–H groups in total. The number of hydrogen-bond donors (Lipinski definition) is 1. The number of para-hydroxylation sites is 2. The highest BCUT2D eigenvalue weighted by atomic mass is 16.2. The number of rotatable bonds is 4. The summed E-state index contributed by atoms with van der Waals surface area (Å²) >= 11 is 0. The molecule has 0 fully saturated rings. The second-order valence-electron chi connectivity index (χ2n) is 6.77. The Hall–Kier alpha value is -3.07. The first-order chi connectivity index (χ1) is 12.7. The lowest BCUT2D eigenvalue weighted by atomic mass is 10.0. The molecule has 130 valence electrons. The maximum absolute atomic E-state index is 12.8.